The molecule has 1 fully saturated rings. The Morgan fingerprint density at radius 3 is 2.57 bits per heavy atom. The molecule has 0 atom stereocenters. The van der Waals surface area contributed by atoms with Crippen molar-refractivity contribution in [3.8, 4) is 11.5 Å². The summed E-state index contributed by atoms with van der Waals surface area (Å²) in [7, 11) is -3.85. The summed E-state index contributed by atoms with van der Waals surface area (Å²) in [5.41, 5.74) is 1.96. The molecule has 2 aromatic carbocycles. The first kappa shape index (κ1) is 18.8. The van der Waals surface area contributed by atoms with Crippen LogP contribution in [0.3, 0.4) is 0 Å². The third-order valence-corrected chi connectivity index (χ3v) is 6.91. The summed E-state index contributed by atoms with van der Waals surface area (Å²) in [5, 5.41) is 4.09. The Morgan fingerprint density at radius 1 is 1.11 bits per heavy atom. The van der Waals surface area contributed by atoms with Crippen LogP contribution < -0.4 is 0 Å². The van der Waals surface area contributed by atoms with E-state index in [4.69, 9.17) is 4.52 Å². The Bertz CT molecular complexity index is 1090. The zero-order chi connectivity index (χ0) is 19.7. The Morgan fingerprint density at radius 2 is 1.86 bits per heavy atom. The summed E-state index contributed by atoms with van der Waals surface area (Å²) in [5.74, 6) is 0.319. The van der Waals surface area contributed by atoms with Crippen molar-refractivity contribution in [1.82, 2.24) is 14.4 Å². The van der Waals surface area contributed by atoms with Crippen LogP contribution in [-0.4, -0.2) is 36.0 Å². The van der Waals surface area contributed by atoms with E-state index in [2.05, 4.69) is 10.1 Å². The van der Waals surface area contributed by atoms with Gasteiger partial charge < -0.3 is 4.52 Å². The first-order chi connectivity index (χ1) is 13.4. The Balaban J connectivity index is 1.47. The molecule has 1 aromatic heterocycles. The van der Waals surface area contributed by atoms with Crippen LogP contribution in [0.4, 0.5) is 4.39 Å². The van der Waals surface area contributed by atoms with Crippen molar-refractivity contribution in [3.05, 3.63) is 65.7 Å². The van der Waals surface area contributed by atoms with Crippen LogP contribution >= 0.6 is 0 Å². The molecule has 0 N–H and O–H groups in total. The number of benzene rings is 2. The molecule has 3 aromatic rings. The molecule has 4 rings (SSSR count). The monoisotopic (exact) mass is 401 g/mol. The number of piperidine rings is 1. The lowest BCUT2D eigenvalue weighted by Crippen LogP contribution is -2.38. The molecule has 2 heterocycles. The molecule has 0 bridgehead atoms. The second kappa shape index (κ2) is 7.44. The molecule has 6 nitrogen and oxygen atoms in total. The highest BCUT2D eigenvalue weighted by atomic mass is 32.2. The molecule has 146 valence electrons. The molecule has 0 radical (unpaired) electrons. The average Bonchev–Trinajstić information content (AvgIpc) is 3.19. The van der Waals surface area contributed by atoms with Gasteiger partial charge in [-0.2, -0.15) is 9.29 Å². The maximum absolute atomic E-state index is 13.9. The van der Waals surface area contributed by atoms with Gasteiger partial charge in [-0.1, -0.05) is 35.0 Å². The van der Waals surface area contributed by atoms with Crippen LogP contribution in [0.15, 0.2) is 57.9 Å². The number of rotatable bonds is 4. The molecular weight excluding hydrogens is 381 g/mol. The lowest BCUT2D eigenvalue weighted by molar-refractivity contribution is 0.306. The van der Waals surface area contributed by atoms with Crippen molar-refractivity contribution in [2.45, 2.75) is 30.6 Å². The van der Waals surface area contributed by atoms with Gasteiger partial charge in [-0.25, -0.2) is 12.8 Å². The van der Waals surface area contributed by atoms with Crippen molar-refractivity contribution in [1.29, 1.82) is 0 Å². The lowest BCUT2D eigenvalue weighted by Gasteiger charge is -2.29. The van der Waals surface area contributed by atoms with E-state index in [1.54, 1.807) is 0 Å². The first-order valence-corrected chi connectivity index (χ1v) is 10.5. The van der Waals surface area contributed by atoms with E-state index in [0.717, 1.165) is 17.2 Å². The van der Waals surface area contributed by atoms with E-state index < -0.39 is 15.8 Å². The van der Waals surface area contributed by atoms with Gasteiger partial charge in [0.1, 0.15) is 10.7 Å². The van der Waals surface area contributed by atoms with E-state index in [-0.39, 0.29) is 23.9 Å². The largest absolute Gasteiger partial charge is 0.334 e. The number of nitrogens with zero attached hydrogens (tertiary/aromatic N) is 3. The topological polar surface area (TPSA) is 76.3 Å². The summed E-state index contributed by atoms with van der Waals surface area (Å²) in [6.07, 6.45) is 1.11. The number of halogens is 1. The van der Waals surface area contributed by atoms with Gasteiger partial charge in [0.2, 0.25) is 10.0 Å². The fourth-order valence-corrected chi connectivity index (χ4v) is 4.98. The number of aromatic nitrogens is 2. The van der Waals surface area contributed by atoms with Crippen molar-refractivity contribution in [3.63, 3.8) is 0 Å². The molecular formula is C20H20FN3O3S. The molecule has 8 heteroatoms. The molecule has 1 aliphatic rings. The van der Waals surface area contributed by atoms with E-state index in [1.165, 1.54) is 22.5 Å². The molecule has 1 aliphatic heterocycles. The number of sulfonamides is 1. The summed E-state index contributed by atoms with van der Waals surface area (Å²) in [6.45, 7) is 2.57. The standard InChI is InChI=1S/C20H20FN3O3S/c1-14-5-4-6-16(13-14)20-22-19(23-27-20)15-9-11-24(12-10-15)28(25,26)18-8-3-2-7-17(18)21/h2-8,13,15H,9-12H2,1H3. The Labute approximate surface area is 163 Å². The number of hydrogen-bond donors (Lipinski definition) is 0. The van der Waals surface area contributed by atoms with Crippen LogP contribution in [0.1, 0.15) is 30.1 Å². The maximum Gasteiger partial charge on any atom is 0.257 e. The van der Waals surface area contributed by atoms with Gasteiger partial charge in [0.05, 0.1) is 0 Å². The second-order valence-corrected chi connectivity index (χ2v) is 8.84. The van der Waals surface area contributed by atoms with Gasteiger partial charge in [0.15, 0.2) is 5.82 Å². The third kappa shape index (κ3) is 3.57. The van der Waals surface area contributed by atoms with Gasteiger partial charge in [0.25, 0.3) is 5.89 Å². The summed E-state index contributed by atoms with van der Waals surface area (Å²) in [4.78, 5) is 4.22. The maximum atomic E-state index is 13.9. The predicted molar refractivity (Wildman–Crippen MR) is 102 cm³/mol. The Kier molecular flexibility index (Phi) is 4.99. The number of aryl methyl sites for hydroxylation is 1. The van der Waals surface area contributed by atoms with E-state index in [1.807, 2.05) is 31.2 Å². The minimum atomic E-state index is -3.85. The third-order valence-electron chi connectivity index (χ3n) is 4.98. The minimum absolute atomic E-state index is 0.00868. The highest BCUT2D eigenvalue weighted by molar-refractivity contribution is 7.89. The Hall–Kier alpha value is -2.58. The average molecular weight is 401 g/mol. The SMILES string of the molecule is Cc1cccc(-c2nc(C3CCN(S(=O)(=O)c4ccccc4F)CC3)no2)c1. The summed E-state index contributed by atoms with van der Waals surface area (Å²) >= 11 is 0. The minimum Gasteiger partial charge on any atom is -0.334 e. The molecule has 0 spiro atoms. The van der Waals surface area contributed by atoms with E-state index in [9.17, 15) is 12.8 Å². The van der Waals surface area contributed by atoms with Gasteiger partial charge in [-0.05, 0) is 44.0 Å². The van der Waals surface area contributed by atoms with Gasteiger partial charge in [-0.3, -0.25) is 0 Å². The molecule has 0 amide bonds. The zero-order valence-corrected chi connectivity index (χ0v) is 16.2. The second-order valence-electron chi connectivity index (χ2n) is 6.94. The summed E-state index contributed by atoms with van der Waals surface area (Å²) < 4.78 is 46.1. The quantitative estimate of drug-likeness (QED) is 0.665. The molecule has 0 unspecified atom stereocenters. The van der Waals surface area contributed by atoms with Crippen molar-refractivity contribution >= 4 is 10.0 Å². The van der Waals surface area contributed by atoms with Crippen LogP contribution in [-0.2, 0) is 10.0 Å². The highest BCUT2D eigenvalue weighted by Gasteiger charge is 2.33. The van der Waals surface area contributed by atoms with Gasteiger partial charge in [0, 0.05) is 24.6 Å². The number of hydrogen-bond acceptors (Lipinski definition) is 5. The van der Waals surface area contributed by atoms with Crippen LogP contribution in [0, 0.1) is 12.7 Å². The van der Waals surface area contributed by atoms with Crippen LogP contribution in [0.25, 0.3) is 11.5 Å². The van der Waals surface area contributed by atoms with E-state index >= 15 is 0 Å². The van der Waals surface area contributed by atoms with Crippen molar-refractivity contribution in [2.75, 3.05) is 13.1 Å². The van der Waals surface area contributed by atoms with Crippen molar-refractivity contribution < 1.29 is 17.3 Å². The van der Waals surface area contributed by atoms with E-state index in [0.29, 0.717) is 24.6 Å². The molecule has 0 aliphatic carbocycles. The zero-order valence-electron chi connectivity index (χ0n) is 15.4. The van der Waals surface area contributed by atoms with Gasteiger partial charge in [-0.15, -0.1) is 0 Å². The van der Waals surface area contributed by atoms with Gasteiger partial charge >= 0.3 is 0 Å². The first-order valence-electron chi connectivity index (χ1n) is 9.10. The smallest absolute Gasteiger partial charge is 0.257 e. The lowest BCUT2D eigenvalue weighted by atomic mass is 9.97. The van der Waals surface area contributed by atoms with Crippen LogP contribution in [0.5, 0.6) is 0 Å². The molecule has 1 saturated heterocycles. The fourth-order valence-electron chi connectivity index (χ4n) is 3.44. The molecule has 28 heavy (non-hydrogen) atoms. The summed E-state index contributed by atoms with van der Waals surface area (Å²) in [6, 6.07) is 13.3. The fraction of sp³-hybridized carbons (Fsp3) is 0.300. The highest BCUT2D eigenvalue weighted by Crippen LogP contribution is 2.31. The predicted octanol–water partition coefficient (Wildman–Crippen LogP) is 3.75. The molecule has 0 saturated carbocycles. The van der Waals surface area contributed by atoms with Crippen molar-refractivity contribution in [2.24, 2.45) is 0 Å². The normalized spacial score (nSPS) is 16.4. The van der Waals surface area contributed by atoms with Crippen LogP contribution in [0.2, 0.25) is 0 Å².